The topological polar surface area (TPSA) is 59.0 Å². The lowest BCUT2D eigenvalue weighted by atomic mass is 10.0. The van der Waals surface area contributed by atoms with Gasteiger partial charge in [-0.1, -0.05) is 19.4 Å². The van der Waals surface area contributed by atoms with Crippen molar-refractivity contribution in [2.75, 3.05) is 39.6 Å². The Morgan fingerprint density at radius 1 is 0.972 bits per heavy atom. The molecule has 0 saturated carbocycles. The maximum Gasteiger partial charge on any atom is 0.133 e. The molecule has 36 heavy (non-hydrogen) atoms. The molecule has 4 rings (SSSR count). The van der Waals surface area contributed by atoms with Crippen LogP contribution < -0.4 is 14.2 Å². The number of halogens is 1. The van der Waals surface area contributed by atoms with Gasteiger partial charge in [0.1, 0.15) is 36.3 Å². The first-order valence-corrected chi connectivity index (χ1v) is 12.9. The fourth-order valence-electron chi connectivity index (χ4n) is 4.18. The van der Waals surface area contributed by atoms with Gasteiger partial charge in [0.2, 0.25) is 0 Å². The van der Waals surface area contributed by atoms with Crippen molar-refractivity contribution >= 4 is 10.9 Å². The number of fused-ring (bicyclic) bond motifs is 1. The Morgan fingerprint density at radius 2 is 1.78 bits per heavy atom. The van der Waals surface area contributed by atoms with Crippen LogP contribution in [-0.2, 0) is 16.1 Å². The lowest BCUT2D eigenvalue weighted by molar-refractivity contribution is 0.0139. The summed E-state index contributed by atoms with van der Waals surface area (Å²) >= 11 is 0. The number of pyridine rings is 1. The molecule has 0 amide bonds. The largest absolute Gasteiger partial charge is 0.493 e. The van der Waals surface area contributed by atoms with Crippen molar-refractivity contribution in [2.45, 2.75) is 46.1 Å². The molecule has 0 radical (unpaired) electrons. The Labute approximate surface area is 212 Å². The van der Waals surface area contributed by atoms with E-state index in [2.05, 4.69) is 6.92 Å². The average Bonchev–Trinajstić information content (AvgIpc) is 2.90. The van der Waals surface area contributed by atoms with Crippen LogP contribution in [0.4, 0.5) is 4.39 Å². The minimum atomic E-state index is -0.307. The zero-order chi connectivity index (χ0) is 25.2. The summed E-state index contributed by atoms with van der Waals surface area (Å²) in [7, 11) is 0. The zero-order valence-corrected chi connectivity index (χ0v) is 21.3. The van der Waals surface area contributed by atoms with Gasteiger partial charge in [0, 0.05) is 36.8 Å². The van der Waals surface area contributed by atoms with E-state index in [9.17, 15) is 4.39 Å². The van der Waals surface area contributed by atoms with E-state index in [0.29, 0.717) is 48.1 Å². The molecule has 0 aliphatic carbocycles. The predicted molar refractivity (Wildman–Crippen MR) is 137 cm³/mol. The Morgan fingerprint density at radius 3 is 2.58 bits per heavy atom. The fourth-order valence-corrected chi connectivity index (χ4v) is 4.18. The maximum atomic E-state index is 13.9. The summed E-state index contributed by atoms with van der Waals surface area (Å²) < 4.78 is 43.1. The Balaban J connectivity index is 1.34. The summed E-state index contributed by atoms with van der Waals surface area (Å²) in [5.41, 5.74) is 2.30. The van der Waals surface area contributed by atoms with E-state index in [1.165, 1.54) is 12.1 Å². The van der Waals surface area contributed by atoms with Crippen molar-refractivity contribution in [1.29, 1.82) is 0 Å². The van der Waals surface area contributed by atoms with Gasteiger partial charge in [-0.3, -0.25) is 0 Å². The molecule has 1 fully saturated rings. The molecule has 7 heteroatoms. The fraction of sp³-hybridized carbons (Fsp3) is 0.483. The molecular weight excluding hydrogens is 461 g/mol. The standard InChI is InChI=1S/C29H36FNO5/c1-3-4-12-35-29-21(2)28(31-27-9-8-23(30)17-26(27)29)20-36-25-7-5-6-24(18-25)34-16-15-33-19-22-10-13-32-14-11-22/h5-9,17-18,22H,3-4,10-16,19-20H2,1-2H3. The van der Waals surface area contributed by atoms with Crippen LogP contribution in [0.2, 0.25) is 0 Å². The molecule has 1 aliphatic rings. The van der Waals surface area contributed by atoms with Gasteiger partial charge in [-0.15, -0.1) is 0 Å². The molecule has 2 heterocycles. The van der Waals surface area contributed by atoms with Crippen molar-refractivity contribution in [3.63, 3.8) is 0 Å². The summed E-state index contributed by atoms with van der Waals surface area (Å²) in [6.07, 6.45) is 4.08. The van der Waals surface area contributed by atoms with Gasteiger partial charge < -0.3 is 23.7 Å². The van der Waals surface area contributed by atoms with Crippen molar-refractivity contribution in [2.24, 2.45) is 5.92 Å². The highest BCUT2D eigenvalue weighted by atomic mass is 19.1. The molecule has 1 aliphatic heterocycles. The van der Waals surface area contributed by atoms with Crippen molar-refractivity contribution in [3.8, 4) is 17.2 Å². The van der Waals surface area contributed by atoms with E-state index in [1.807, 2.05) is 31.2 Å². The number of hydrogen-bond acceptors (Lipinski definition) is 6. The summed E-state index contributed by atoms with van der Waals surface area (Å²) in [4.78, 5) is 4.72. The van der Waals surface area contributed by atoms with Gasteiger partial charge in [-0.05, 0) is 62.4 Å². The van der Waals surface area contributed by atoms with Crippen molar-refractivity contribution in [1.82, 2.24) is 4.98 Å². The minimum absolute atomic E-state index is 0.265. The molecule has 1 aromatic heterocycles. The number of ether oxygens (including phenoxy) is 5. The third kappa shape index (κ3) is 7.31. The van der Waals surface area contributed by atoms with Crippen LogP contribution in [0.5, 0.6) is 17.2 Å². The average molecular weight is 498 g/mol. The van der Waals surface area contributed by atoms with Gasteiger partial charge in [0.15, 0.2) is 0 Å². The van der Waals surface area contributed by atoms with Gasteiger partial charge >= 0.3 is 0 Å². The third-order valence-electron chi connectivity index (χ3n) is 6.35. The van der Waals surface area contributed by atoms with Gasteiger partial charge in [0.05, 0.1) is 24.4 Å². The molecule has 6 nitrogen and oxygen atoms in total. The first-order chi connectivity index (χ1) is 17.6. The molecule has 0 unspecified atom stereocenters. The molecule has 1 saturated heterocycles. The molecule has 0 spiro atoms. The van der Waals surface area contributed by atoms with Crippen molar-refractivity contribution < 1.29 is 28.1 Å². The quantitative estimate of drug-likeness (QED) is 0.260. The molecular formula is C29H36FNO5. The minimum Gasteiger partial charge on any atom is -0.493 e. The van der Waals surface area contributed by atoms with Gasteiger partial charge in [0.25, 0.3) is 0 Å². The van der Waals surface area contributed by atoms with Crippen LogP contribution in [0.15, 0.2) is 42.5 Å². The van der Waals surface area contributed by atoms with Crippen LogP contribution >= 0.6 is 0 Å². The first kappa shape index (κ1) is 26.2. The summed E-state index contributed by atoms with van der Waals surface area (Å²) in [5, 5.41) is 0.682. The zero-order valence-electron chi connectivity index (χ0n) is 21.3. The third-order valence-corrected chi connectivity index (χ3v) is 6.35. The number of rotatable bonds is 13. The summed E-state index contributed by atoms with van der Waals surface area (Å²) in [5.74, 6) is 2.36. The molecule has 194 valence electrons. The predicted octanol–water partition coefficient (Wildman–Crippen LogP) is 6.26. The molecule has 0 N–H and O–H groups in total. The molecule has 2 aromatic carbocycles. The molecule has 0 bridgehead atoms. The molecule has 3 aromatic rings. The van der Waals surface area contributed by atoms with E-state index in [-0.39, 0.29) is 12.4 Å². The smallest absolute Gasteiger partial charge is 0.133 e. The molecule has 0 atom stereocenters. The normalized spacial score (nSPS) is 14.2. The Bertz CT molecular complexity index is 1120. The van der Waals surface area contributed by atoms with E-state index in [0.717, 1.165) is 62.5 Å². The Kier molecular flexibility index (Phi) is 9.76. The van der Waals surface area contributed by atoms with E-state index in [1.54, 1.807) is 6.07 Å². The van der Waals surface area contributed by atoms with Gasteiger partial charge in [-0.25, -0.2) is 9.37 Å². The number of aromatic nitrogens is 1. The lowest BCUT2D eigenvalue weighted by Crippen LogP contribution is -2.21. The number of unbranched alkanes of at least 4 members (excludes halogenated alkanes) is 1. The second kappa shape index (κ2) is 13.4. The number of hydrogen-bond donors (Lipinski definition) is 0. The summed E-state index contributed by atoms with van der Waals surface area (Å²) in [6, 6.07) is 12.1. The highest BCUT2D eigenvalue weighted by molar-refractivity contribution is 5.86. The first-order valence-electron chi connectivity index (χ1n) is 12.9. The van der Waals surface area contributed by atoms with Crippen LogP contribution in [-0.4, -0.2) is 44.6 Å². The second-order valence-corrected chi connectivity index (χ2v) is 9.12. The Hall–Kier alpha value is -2.90. The van der Waals surface area contributed by atoms with Gasteiger partial charge in [-0.2, -0.15) is 0 Å². The van der Waals surface area contributed by atoms with E-state index >= 15 is 0 Å². The van der Waals surface area contributed by atoms with Crippen LogP contribution in [0.25, 0.3) is 10.9 Å². The monoisotopic (exact) mass is 497 g/mol. The maximum absolute atomic E-state index is 13.9. The van der Waals surface area contributed by atoms with Crippen LogP contribution in [0.1, 0.15) is 43.9 Å². The van der Waals surface area contributed by atoms with Crippen molar-refractivity contribution in [3.05, 3.63) is 59.5 Å². The lowest BCUT2D eigenvalue weighted by Gasteiger charge is -2.21. The second-order valence-electron chi connectivity index (χ2n) is 9.12. The summed E-state index contributed by atoms with van der Waals surface area (Å²) in [6.45, 7) is 8.33. The number of benzene rings is 2. The van der Waals surface area contributed by atoms with E-state index in [4.69, 9.17) is 28.7 Å². The highest BCUT2D eigenvalue weighted by Crippen LogP contribution is 2.32. The van der Waals surface area contributed by atoms with Crippen LogP contribution in [0.3, 0.4) is 0 Å². The SMILES string of the molecule is CCCCOc1c(C)c(COc2cccc(OCCOCC3CCOCC3)c2)nc2ccc(F)cc12. The highest BCUT2D eigenvalue weighted by Gasteiger charge is 2.15. The number of nitrogens with zero attached hydrogens (tertiary/aromatic N) is 1. The van der Waals surface area contributed by atoms with Crippen LogP contribution in [0, 0.1) is 18.7 Å². The van der Waals surface area contributed by atoms with E-state index < -0.39 is 0 Å².